The monoisotopic (exact) mass is 796 g/mol. The Morgan fingerprint density at radius 2 is 0.617 bits per heavy atom. The third kappa shape index (κ3) is 11.5. The highest BCUT2D eigenvalue weighted by Gasteiger charge is 2.18. The third-order valence-corrected chi connectivity index (χ3v) is 10.0. The molecule has 0 fully saturated rings. The number of nitrogens with zero attached hydrogens (tertiary/aromatic N) is 2. The van der Waals surface area contributed by atoms with Crippen LogP contribution in [0, 0.1) is 13.8 Å². The van der Waals surface area contributed by atoms with Crippen molar-refractivity contribution in [3.63, 3.8) is 0 Å². The maximum absolute atomic E-state index is 5.71. The molecular formula is C54H56N2O4. The second-order valence-corrected chi connectivity index (χ2v) is 14.6. The highest BCUT2D eigenvalue weighted by atomic mass is 16.5. The normalized spacial score (nSPS) is 10.9. The second kappa shape index (κ2) is 22.2. The minimum atomic E-state index is 0.519. The molecule has 0 N–H and O–H groups in total. The Hall–Kier alpha value is -6.28. The van der Waals surface area contributed by atoms with Crippen LogP contribution >= 0.6 is 0 Å². The Bertz CT molecular complexity index is 2030. The summed E-state index contributed by atoms with van der Waals surface area (Å²) < 4.78 is 22.9. The maximum Gasteiger partial charge on any atom is 0.0721 e. The molecule has 0 spiro atoms. The van der Waals surface area contributed by atoms with Gasteiger partial charge in [0.15, 0.2) is 0 Å². The van der Waals surface area contributed by atoms with E-state index < -0.39 is 0 Å². The maximum atomic E-state index is 5.71. The van der Waals surface area contributed by atoms with Crippen LogP contribution < -0.4 is 9.80 Å². The van der Waals surface area contributed by atoms with Gasteiger partial charge >= 0.3 is 0 Å². The molecule has 6 heteroatoms. The standard InChI is InChI=1S/C54H56N2O4/c1-7-31-57-37-43-11-21-49(22-12-43)55(50-23-13-44(14-24-50)38-58-32-8-2)53-29-19-47(35-41(53)5)48-20-30-54(42(6)36-48)56(51-25-15-45(16-26-51)39-59-33-9-3)52-27-17-46(18-28-52)40-60-34-10-4/h7-30,35-36H,1-4,31-34,37-40H2,5-6H3. The minimum absolute atomic E-state index is 0.519. The molecule has 0 bridgehead atoms. The van der Waals surface area contributed by atoms with Crippen LogP contribution in [0.15, 0.2) is 184 Å². The molecule has 0 amide bonds. The second-order valence-electron chi connectivity index (χ2n) is 14.6. The van der Waals surface area contributed by atoms with Crippen LogP contribution in [-0.2, 0) is 45.4 Å². The first-order valence-electron chi connectivity index (χ1n) is 20.3. The first kappa shape index (κ1) is 43.3. The average Bonchev–Trinajstić information content (AvgIpc) is 3.27. The van der Waals surface area contributed by atoms with Crippen molar-refractivity contribution in [2.75, 3.05) is 36.2 Å². The van der Waals surface area contributed by atoms with Gasteiger partial charge in [0.2, 0.25) is 0 Å². The van der Waals surface area contributed by atoms with E-state index in [0.717, 1.165) is 78.6 Å². The molecule has 0 radical (unpaired) electrons. The number of rotatable bonds is 23. The van der Waals surface area contributed by atoms with E-state index in [9.17, 15) is 0 Å². The Morgan fingerprint density at radius 1 is 0.367 bits per heavy atom. The highest BCUT2D eigenvalue weighted by Crippen LogP contribution is 2.41. The van der Waals surface area contributed by atoms with E-state index in [0.29, 0.717) is 52.9 Å². The van der Waals surface area contributed by atoms with Crippen LogP contribution in [-0.4, -0.2) is 26.4 Å². The number of hydrogen-bond acceptors (Lipinski definition) is 6. The van der Waals surface area contributed by atoms with Gasteiger partial charge in [-0.25, -0.2) is 0 Å². The van der Waals surface area contributed by atoms with Gasteiger partial charge in [-0.2, -0.15) is 0 Å². The van der Waals surface area contributed by atoms with E-state index in [-0.39, 0.29) is 0 Å². The zero-order valence-corrected chi connectivity index (χ0v) is 35.0. The first-order valence-corrected chi connectivity index (χ1v) is 20.3. The van der Waals surface area contributed by atoms with Gasteiger partial charge in [0.25, 0.3) is 0 Å². The lowest BCUT2D eigenvalue weighted by Crippen LogP contribution is -2.12. The molecule has 306 valence electrons. The lowest BCUT2D eigenvalue weighted by atomic mass is 9.98. The molecule has 0 aromatic heterocycles. The first-order chi connectivity index (χ1) is 29.4. The molecule has 60 heavy (non-hydrogen) atoms. The summed E-state index contributed by atoms with van der Waals surface area (Å²) >= 11 is 0. The summed E-state index contributed by atoms with van der Waals surface area (Å²) in [5.41, 5.74) is 15.5. The smallest absolute Gasteiger partial charge is 0.0721 e. The molecular weight excluding hydrogens is 741 g/mol. The summed E-state index contributed by atoms with van der Waals surface area (Å²) in [6.45, 7) is 23.6. The van der Waals surface area contributed by atoms with Gasteiger partial charge in [0, 0.05) is 34.1 Å². The zero-order valence-electron chi connectivity index (χ0n) is 35.0. The molecule has 6 aromatic carbocycles. The summed E-state index contributed by atoms with van der Waals surface area (Å²) in [7, 11) is 0. The summed E-state index contributed by atoms with van der Waals surface area (Å²) in [5, 5.41) is 0. The predicted octanol–water partition coefficient (Wildman–Crippen LogP) is 13.7. The Balaban J connectivity index is 1.31. The quantitative estimate of drug-likeness (QED) is 0.0475. The van der Waals surface area contributed by atoms with Crippen LogP contribution in [0.1, 0.15) is 33.4 Å². The Morgan fingerprint density at radius 3 is 0.833 bits per heavy atom. The van der Waals surface area contributed by atoms with Gasteiger partial charge in [0.1, 0.15) is 0 Å². The summed E-state index contributed by atoms with van der Waals surface area (Å²) in [6.07, 6.45) is 7.08. The average molecular weight is 797 g/mol. The Labute approximate surface area is 357 Å². The lowest BCUT2D eigenvalue weighted by Gasteiger charge is -2.28. The van der Waals surface area contributed by atoms with E-state index in [1.165, 1.54) is 0 Å². The topological polar surface area (TPSA) is 43.4 Å². The number of anilines is 6. The summed E-state index contributed by atoms with van der Waals surface area (Å²) in [6, 6.07) is 47.7. The van der Waals surface area contributed by atoms with Crippen molar-refractivity contribution in [1.82, 2.24) is 0 Å². The SMILES string of the molecule is C=CCOCc1ccc(N(c2ccc(COCC=C)cc2)c2ccc(-c3ccc(N(c4ccc(COCC=C)cc4)c4ccc(COCC=C)cc4)c(C)c3)cc2C)cc1. The van der Waals surface area contributed by atoms with Gasteiger partial charge in [-0.05, 0) is 131 Å². The number of ether oxygens (including phenoxy) is 4. The van der Waals surface area contributed by atoms with E-state index >= 15 is 0 Å². The minimum Gasteiger partial charge on any atom is -0.373 e. The van der Waals surface area contributed by atoms with Gasteiger partial charge < -0.3 is 28.7 Å². The van der Waals surface area contributed by atoms with Crippen LogP contribution in [0.4, 0.5) is 34.1 Å². The third-order valence-electron chi connectivity index (χ3n) is 10.0. The van der Waals surface area contributed by atoms with Crippen molar-refractivity contribution >= 4 is 34.1 Å². The van der Waals surface area contributed by atoms with Crippen LogP contribution in [0.5, 0.6) is 0 Å². The lowest BCUT2D eigenvalue weighted by molar-refractivity contribution is 0.149. The molecule has 6 nitrogen and oxygen atoms in total. The van der Waals surface area contributed by atoms with Crippen LogP contribution in [0.2, 0.25) is 0 Å². The number of aryl methyl sites for hydroxylation is 2. The van der Waals surface area contributed by atoms with Crippen LogP contribution in [0.25, 0.3) is 11.1 Å². The van der Waals surface area contributed by atoms with E-state index in [4.69, 9.17) is 18.9 Å². The molecule has 0 saturated carbocycles. The fourth-order valence-electron chi connectivity index (χ4n) is 7.03. The van der Waals surface area contributed by atoms with Gasteiger partial charge in [0.05, 0.1) is 52.9 Å². The summed E-state index contributed by atoms with van der Waals surface area (Å²) in [4.78, 5) is 4.61. The fourth-order valence-corrected chi connectivity index (χ4v) is 7.03. The van der Waals surface area contributed by atoms with Crippen molar-refractivity contribution in [2.24, 2.45) is 0 Å². The van der Waals surface area contributed by atoms with Crippen molar-refractivity contribution in [3.8, 4) is 11.1 Å². The van der Waals surface area contributed by atoms with Crippen LogP contribution in [0.3, 0.4) is 0 Å². The van der Waals surface area contributed by atoms with Crippen molar-refractivity contribution in [3.05, 3.63) is 217 Å². The molecule has 0 aliphatic heterocycles. The fraction of sp³-hybridized carbons (Fsp3) is 0.185. The highest BCUT2D eigenvalue weighted by molar-refractivity contribution is 5.83. The molecule has 0 saturated heterocycles. The largest absolute Gasteiger partial charge is 0.373 e. The molecule has 0 atom stereocenters. The molecule has 0 unspecified atom stereocenters. The predicted molar refractivity (Wildman–Crippen MR) is 250 cm³/mol. The molecule has 0 aliphatic carbocycles. The molecule has 6 rings (SSSR count). The van der Waals surface area contributed by atoms with E-state index in [1.807, 2.05) is 0 Å². The van der Waals surface area contributed by atoms with Gasteiger partial charge in [-0.15, -0.1) is 26.3 Å². The van der Waals surface area contributed by atoms with Crippen molar-refractivity contribution in [1.29, 1.82) is 0 Å². The van der Waals surface area contributed by atoms with E-state index in [1.54, 1.807) is 24.3 Å². The molecule has 0 heterocycles. The molecule has 6 aromatic rings. The van der Waals surface area contributed by atoms with E-state index in [2.05, 4.69) is 183 Å². The number of benzene rings is 6. The summed E-state index contributed by atoms with van der Waals surface area (Å²) in [5.74, 6) is 0. The van der Waals surface area contributed by atoms with Crippen molar-refractivity contribution < 1.29 is 18.9 Å². The number of hydrogen-bond donors (Lipinski definition) is 0. The van der Waals surface area contributed by atoms with Gasteiger partial charge in [-0.3, -0.25) is 0 Å². The Kier molecular flexibility index (Phi) is 16.0. The van der Waals surface area contributed by atoms with Gasteiger partial charge in [-0.1, -0.05) is 85.0 Å². The van der Waals surface area contributed by atoms with Crippen molar-refractivity contribution in [2.45, 2.75) is 40.3 Å². The molecule has 0 aliphatic rings. The zero-order chi connectivity index (χ0) is 42.1.